The Hall–Kier alpha value is -5.10. The number of carbonyl (C=O) groups excluding carboxylic acids is 3. The molecule has 3 aliphatic heterocycles. The predicted molar refractivity (Wildman–Crippen MR) is 254 cm³/mol. The van der Waals surface area contributed by atoms with Crippen molar-refractivity contribution >= 4 is 88.4 Å². The normalized spacial score (nSPS) is 29.1. The van der Waals surface area contributed by atoms with E-state index in [1.165, 1.54) is 17.2 Å². The summed E-state index contributed by atoms with van der Waals surface area (Å²) in [6.45, 7) is -7.08. The van der Waals surface area contributed by atoms with Crippen molar-refractivity contribution in [3.8, 4) is 0 Å². The van der Waals surface area contributed by atoms with Gasteiger partial charge in [0.15, 0.2) is 47.4 Å². The van der Waals surface area contributed by atoms with Crippen molar-refractivity contribution < 1.29 is 60.2 Å². The number of carbonyl (C=O) groups is 3. The van der Waals surface area contributed by atoms with E-state index in [-0.39, 0.29) is 52.8 Å². The lowest BCUT2D eigenvalue weighted by Crippen LogP contribution is -2.51. The van der Waals surface area contributed by atoms with Crippen molar-refractivity contribution in [2.45, 2.75) is 87.6 Å². The lowest BCUT2D eigenvalue weighted by Gasteiger charge is -2.26. The van der Waals surface area contributed by atoms with Crippen LogP contribution in [0.15, 0.2) is 54.4 Å². The molecule has 2 unspecified atom stereocenters. The number of amides is 4. The fraction of sp³-hybridized carbons (Fsp3) is 0.513. The van der Waals surface area contributed by atoms with Gasteiger partial charge >= 0.3 is 19.5 Å². The molecule has 7 heterocycles. The number of imidazole rings is 2. The SMILES string of the molecule is CC(C)[C@H](N)C(=O)N[C@@H](CCCNC(N)=O)C(=O)Nc1ccc(CSP2(=O)OC[C@H]3O[C@@H](n4cnc5c(N)ncnc54)[C@H](F)[C@@H]3COP(O)(=S)OC[C@H]3O[C@@H](n4cnc5c(=O)[nH]cnc54)[C@H](F)[C@@H]3O2)cc1. The third-order valence-electron chi connectivity index (χ3n) is 11.8. The first-order valence-corrected chi connectivity index (χ1v) is 27.6. The molecule has 0 spiro atoms. The van der Waals surface area contributed by atoms with Gasteiger partial charge in [0.1, 0.15) is 30.1 Å². The number of anilines is 2. The van der Waals surface area contributed by atoms with Crippen LogP contribution < -0.4 is 38.7 Å². The molecule has 0 radical (unpaired) electrons. The molecular formula is C39H50F2N14O12P2S2. The summed E-state index contributed by atoms with van der Waals surface area (Å²) in [6, 6.07) is 3.63. The summed E-state index contributed by atoms with van der Waals surface area (Å²) in [7, 11) is 0. The van der Waals surface area contributed by atoms with Gasteiger partial charge in [-0.2, -0.15) is 0 Å². The van der Waals surface area contributed by atoms with Crippen molar-refractivity contribution in [3.05, 3.63) is 65.5 Å². The maximum absolute atomic E-state index is 17.0. The molecule has 12 atom stereocenters. The summed E-state index contributed by atoms with van der Waals surface area (Å²) >= 11 is 5.92. The van der Waals surface area contributed by atoms with Gasteiger partial charge < -0.3 is 61.5 Å². The number of nitrogens with zero attached hydrogens (tertiary/aromatic N) is 7. The highest BCUT2D eigenvalue weighted by Crippen LogP contribution is 2.64. The minimum absolute atomic E-state index is 0.0302. The molecule has 1 aromatic carbocycles. The maximum Gasteiger partial charge on any atom is 0.389 e. The highest BCUT2D eigenvalue weighted by molar-refractivity contribution is 8.54. The average molecular weight is 1070 g/mol. The lowest BCUT2D eigenvalue weighted by molar-refractivity contribution is -0.128. The zero-order valence-corrected chi connectivity index (χ0v) is 41.1. The number of H-pyrrole nitrogens is 1. The number of primary amides is 1. The standard InChI is InChI=1S/C39H50F2N14O12P2S2/c1-18(2)27(42)35(57)53-22(4-3-9-45-39(44)59)34(56)52-20-7-5-19(6-8-20)13-71-69(61)64-11-23-21(25(40)37(65-23)54-16-50-28-31(43)46-14-47-32(28)54)10-62-68(60,70)63-12-24-30(67-69)26(41)38(66-24)55-17-51-29-33(55)48-15-49-36(29)58/h5-8,14-18,21-27,30,37-38H,3-4,9-13,42H2,1-2H3,(H,52,56)(H,53,57)(H,60,70)(H2,43,46,47)(H3,44,45,59)(H,48,49,58)/t21-,22+,23-,24-,25-,26-,27+,30-,37-,38-,68?,69?/m1/s1. The fourth-order valence-corrected chi connectivity index (χ4v) is 12.4. The number of rotatable bonds is 14. The average Bonchev–Trinajstić information content (AvgIpc) is 4.11. The summed E-state index contributed by atoms with van der Waals surface area (Å²) < 4.78 is 86.9. The quantitative estimate of drug-likeness (QED) is 0.0583. The molecule has 3 aliphatic rings. The number of alkyl halides is 2. The largest absolute Gasteiger partial charge is 0.389 e. The van der Waals surface area contributed by atoms with Crippen LogP contribution in [0.1, 0.15) is 44.7 Å². The van der Waals surface area contributed by atoms with Crippen molar-refractivity contribution in [1.82, 2.24) is 49.7 Å². The van der Waals surface area contributed by atoms with E-state index in [9.17, 15) is 24.1 Å². The van der Waals surface area contributed by atoms with E-state index in [1.54, 1.807) is 38.1 Å². The molecule has 71 heavy (non-hydrogen) atoms. The fourth-order valence-electron chi connectivity index (χ4n) is 7.86. The van der Waals surface area contributed by atoms with Gasteiger partial charge in [-0.15, -0.1) is 0 Å². The third-order valence-corrected chi connectivity index (χ3v) is 17.0. The summed E-state index contributed by atoms with van der Waals surface area (Å²) in [5.74, 6) is -2.65. The summed E-state index contributed by atoms with van der Waals surface area (Å²) in [4.78, 5) is 84.0. The lowest BCUT2D eigenvalue weighted by atomic mass is 10.0. The Labute approximate surface area is 410 Å². The molecule has 11 N–H and O–H groups in total. The van der Waals surface area contributed by atoms with Crippen molar-refractivity contribution in [2.24, 2.45) is 23.3 Å². The first-order chi connectivity index (χ1) is 33.8. The molecule has 8 rings (SSSR count). The third kappa shape index (κ3) is 11.9. The van der Waals surface area contributed by atoms with E-state index >= 15 is 13.3 Å². The first-order valence-electron chi connectivity index (χ1n) is 21.9. The summed E-state index contributed by atoms with van der Waals surface area (Å²) in [6.07, 6.45) is -6.54. The monoisotopic (exact) mass is 1070 g/mol. The minimum Gasteiger partial charge on any atom is -0.382 e. The number of benzene rings is 1. The van der Waals surface area contributed by atoms with Crippen LogP contribution in [0, 0.1) is 11.8 Å². The second-order valence-electron chi connectivity index (χ2n) is 16.9. The predicted octanol–water partition coefficient (Wildman–Crippen LogP) is 2.19. The molecule has 3 saturated heterocycles. The van der Waals surface area contributed by atoms with Crippen LogP contribution in [0.25, 0.3) is 22.3 Å². The molecule has 0 aliphatic carbocycles. The molecule has 3 fully saturated rings. The molecule has 26 nitrogen and oxygen atoms in total. The van der Waals surface area contributed by atoms with E-state index in [2.05, 4.69) is 45.9 Å². The van der Waals surface area contributed by atoms with Crippen LogP contribution >= 0.6 is 24.9 Å². The topological polar surface area (TPSA) is 365 Å². The van der Waals surface area contributed by atoms with Gasteiger partial charge in [-0.1, -0.05) is 26.0 Å². The van der Waals surface area contributed by atoms with Gasteiger partial charge in [-0.25, -0.2) is 43.1 Å². The van der Waals surface area contributed by atoms with Gasteiger partial charge in [0.05, 0.1) is 50.9 Å². The van der Waals surface area contributed by atoms with Crippen LogP contribution in [0.4, 0.5) is 25.1 Å². The minimum atomic E-state index is -4.62. The number of aromatic nitrogens is 8. The van der Waals surface area contributed by atoms with E-state index < -0.39 is 118 Å². The first kappa shape index (κ1) is 52.2. The smallest absolute Gasteiger partial charge is 0.382 e. The van der Waals surface area contributed by atoms with Gasteiger partial charge in [-0.05, 0) is 59.6 Å². The van der Waals surface area contributed by atoms with Gasteiger partial charge in [0, 0.05) is 23.9 Å². The van der Waals surface area contributed by atoms with Crippen LogP contribution in [0.3, 0.4) is 0 Å². The Morgan fingerprint density at radius 2 is 1.61 bits per heavy atom. The summed E-state index contributed by atoms with van der Waals surface area (Å²) in [5.41, 5.74) is 17.5. The molecule has 4 amide bonds. The van der Waals surface area contributed by atoms with E-state index in [0.717, 1.165) is 17.2 Å². The number of urea groups is 1. The molecule has 5 aromatic rings. The molecule has 0 saturated carbocycles. The molecule has 384 valence electrons. The van der Waals surface area contributed by atoms with Crippen LogP contribution in [-0.2, 0) is 59.3 Å². The highest BCUT2D eigenvalue weighted by atomic mass is 32.7. The Bertz CT molecular complexity index is 2900. The number of nitrogens with two attached hydrogens (primary N) is 3. The van der Waals surface area contributed by atoms with Crippen molar-refractivity contribution in [1.29, 1.82) is 0 Å². The maximum atomic E-state index is 17.0. The molecule has 4 aromatic heterocycles. The Kier molecular flexibility index (Phi) is 16.1. The number of halogens is 2. The zero-order chi connectivity index (χ0) is 50.8. The summed E-state index contributed by atoms with van der Waals surface area (Å²) in [5, 5.41) is 7.87. The molecular weight excluding hydrogens is 1020 g/mol. The van der Waals surface area contributed by atoms with Gasteiger partial charge in [0.25, 0.3) is 5.56 Å². The molecule has 32 heteroatoms. The second-order valence-corrected chi connectivity index (χ2v) is 23.8. The van der Waals surface area contributed by atoms with Crippen LogP contribution in [0.2, 0.25) is 0 Å². The van der Waals surface area contributed by atoms with E-state index in [0.29, 0.717) is 29.1 Å². The number of hydrogen-bond donors (Lipinski definition) is 8. The molecule has 0 bridgehead atoms. The number of nitrogen functional groups attached to an aromatic ring is 1. The Morgan fingerprint density at radius 3 is 2.32 bits per heavy atom. The Balaban J connectivity index is 1.04. The van der Waals surface area contributed by atoms with Crippen molar-refractivity contribution in [2.75, 3.05) is 37.4 Å². The highest BCUT2D eigenvalue weighted by Gasteiger charge is 2.53. The van der Waals surface area contributed by atoms with Crippen LogP contribution in [-0.4, -0.2) is 131 Å². The zero-order valence-electron chi connectivity index (χ0n) is 37.7. The number of hydrogen-bond acceptors (Lipinski definition) is 20. The van der Waals surface area contributed by atoms with Gasteiger partial charge in [0.2, 0.25) is 11.8 Å². The Morgan fingerprint density at radius 1 is 0.944 bits per heavy atom. The van der Waals surface area contributed by atoms with E-state index in [4.69, 9.17) is 56.6 Å². The van der Waals surface area contributed by atoms with E-state index in [1.807, 2.05) is 0 Å². The van der Waals surface area contributed by atoms with Crippen LogP contribution in [0.5, 0.6) is 0 Å². The van der Waals surface area contributed by atoms with Gasteiger partial charge in [-0.3, -0.25) is 32.6 Å². The van der Waals surface area contributed by atoms with Crippen molar-refractivity contribution in [3.63, 3.8) is 0 Å². The number of ether oxygens (including phenoxy) is 2. The number of fused-ring (bicyclic) bond motifs is 4. The second kappa shape index (κ2) is 21.9. The number of aromatic amines is 1. The number of nitrogens with one attached hydrogen (secondary N) is 4.